The molecule has 0 heterocycles. The van der Waals surface area contributed by atoms with Gasteiger partial charge in [0.25, 0.3) is 0 Å². The van der Waals surface area contributed by atoms with Crippen molar-refractivity contribution in [3.8, 4) is 0 Å². The van der Waals surface area contributed by atoms with Gasteiger partial charge in [0.15, 0.2) is 0 Å². The summed E-state index contributed by atoms with van der Waals surface area (Å²) in [7, 11) is 0. The molecule has 0 atom stereocenters. The van der Waals surface area contributed by atoms with Gasteiger partial charge in [-0.05, 0) is 39.2 Å². The van der Waals surface area contributed by atoms with E-state index in [9.17, 15) is 4.79 Å². The molecular formula is C23H47NO. The molecule has 1 aromatic carbocycles. The molecule has 2 nitrogen and oxygen atoms in total. The van der Waals surface area contributed by atoms with Crippen LogP contribution in [-0.2, 0) is 11.2 Å². The number of aryl methyl sites for hydroxylation is 1. The van der Waals surface area contributed by atoms with Crippen LogP contribution in [0.15, 0.2) is 30.3 Å². The van der Waals surface area contributed by atoms with E-state index < -0.39 is 0 Å². The quantitative estimate of drug-likeness (QED) is 0.599. The molecule has 1 rings (SSSR count). The Hall–Kier alpha value is -1.31. The Morgan fingerprint density at radius 2 is 1.28 bits per heavy atom. The lowest BCUT2D eigenvalue weighted by Crippen LogP contribution is -2.40. The van der Waals surface area contributed by atoms with Crippen LogP contribution < -0.4 is 5.32 Å². The number of rotatable bonds is 4. The van der Waals surface area contributed by atoms with Gasteiger partial charge in [0.1, 0.15) is 0 Å². The summed E-state index contributed by atoms with van der Waals surface area (Å²) >= 11 is 0. The van der Waals surface area contributed by atoms with Crippen LogP contribution in [0.25, 0.3) is 0 Å². The highest BCUT2D eigenvalue weighted by Crippen LogP contribution is 2.00. The van der Waals surface area contributed by atoms with E-state index in [2.05, 4.69) is 42.6 Å². The molecule has 25 heavy (non-hydrogen) atoms. The van der Waals surface area contributed by atoms with Gasteiger partial charge < -0.3 is 5.32 Å². The normalized spacial score (nSPS) is 8.60. The van der Waals surface area contributed by atoms with Crippen molar-refractivity contribution in [1.29, 1.82) is 0 Å². The summed E-state index contributed by atoms with van der Waals surface area (Å²) in [5.41, 5.74) is 1.37. The second kappa shape index (κ2) is 24.9. The molecule has 1 amide bonds. The maximum atomic E-state index is 10.9. The third-order valence-corrected chi connectivity index (χ3v) is 2.37. The van der Waals surface area contributed by atoms with Gasteiger partial charge in [-0.15, -0.1) is 0 Å². The van der Waals surface area contributed by atoms with Crippen molar-refractivity contribution >= 4 is 5.91 Å². The summed E-state index contributed by atoms with van der Waals surface area (Å²) in [6.45, 7) is 22.2. The highest BCUT2D eigenvalue weighted by molar-refractivity contribution is 5.76. The van der Waals surface area contributed by atoms with E-state index in [1.165, 1.54) is 18.4 Å². The Morgan fingerprint density at radius 1 is 0.840 bits per heavy atom. The van der Waals surface area contributed by atoms with Gasteiger partial charge in [-0.1, -0.05) is 92.1 Å². The van der Waals surface area contributed by atoms with Crippen molar-refractivity contribution < 1.29 is 4.79 Å². The first-order chi connectivity index (χ1) is 11.9. The fourth-order valence-electron chi connectivity index (χ4n) is 1.64. The molecule has 2 heteroatoms. The maximum absolute atomic E-state index is 10.9. The van der Waals surface area contributed by atoms with E-state index in [1.54, 1.807) is 0 Å². The summed E-state index contributed by atoms with van der Waals surface area (Å²) in [6.07, 6.45) is 4.00. The zero-order valence-electron chi connectivity index (χ0n) is 19.1. The molecule has 0 aromatic heterocycles. The first-order valence-corrected chi connectivity index (χ1v) is 10.2. The molecule has 0 spiro atoms. The second-order valence-electron chi connectivity index (χ2n) is 5.78. The first kappa shape index (κ1) is 31.5. The molecule has 0 saturated carbocycles. The van der Waals surface area contributed by atoms with Gasteiger partial charge in [-0.3, -0.25) is 4.79 Å². The number of carbonyl (C=O) groups is 1. The summed E-state index contributed by atoms with van der Waals surface area (Å²) in [5, 5.41) is 2.88. The van der Waals surface area contributed by atoms with Crippen molar-refractivity contribution in [1.82, 2.24) is 5.32 Å². The summed E-state index contributed by atoms with van der Waals surface area (Å²) < 4.78 is 0. The topological polar surface area (TPSA) is 29.1 Å². The molecule has 0 aliphatic carbocycles. The fraction of sp³-hybridized carbons (Fsp3) is 0.696. The molecular weight excluding hydrogens is 306 g/mol. The lowest BCUT2D eigenvalue weighted by atomic mass is 10.1. The Kier molecular flexibility index (Phi) is 31.4. The largest absolute Gasteiger partial charge is 0.352 e. The SMILES string of the molecule is CC.CC.CC.CCCC(=O)NC(C)(C)C.CCCc1ccccc1. The highest BCUT2D eigenvalue weighted by Gasteiger charge is 2.11. The van der Waals surface area contributed by atoms with Gasteiger partial charge in [0.2, 0.25) is 5.91 Å². The van der Waals surface area contributed by atoms with Crippen LogP contribution in [0.4, 0.5) is 0 Å². The van der Waals surface area contributed by atoms with E-state index in [-0.39, 0.29) is 11.4 Å². The van der Waals surface area contributed by atoms with Crippen LogP contribution in [0.2, 0.25) is 0 Å². The van der Waals surface area contributed by atoms with E-state index in [0.717, 1.165) is 6.42 Å². The molecule has 1 aromatic rings. The molecule has 150 valence electrons. The molecule has 0 aliphatic heterocycles. The average Bonchev–Trinajstić information content (AvgIpc) is 2.61. The highest BCUT2D eigenvalue weighted by atomic mass is 16.1. The van der Waals surface area contributed by atoms with E-state index in [1.807, 2.05) is 69.2 Å². The van der Waals surface area contributed by atoms with Gasteiger partial charge in [0, 0.05) is 12.0 Å². The number of hydrogen-bond donors (Lipinski definition) is 1. The van der Waals surface area contributed by atoms with Gasteiger partial charge >= 0.3 is 0 Å². The number of nitrogens with one attached hydrogen (secondary N) is 1. The first-order valence-electron chi connectivity index (χ1n) is 10.2. The molecule has 0 unspecified atom stereocenters. The number of amides is 1. The smallest absolute Gasteiger partial charge is 0.220 e. The van der Waals surface area contributed by atoms with E-state index >= 15 is 0 Å². The second-order valence-corrected chi connectivity index (χ2v) is 5.78. The molecule has 1 N–H and O–H groups in total. The lowest BCUT2D eigenvalue weighted by molar-refractivity contribution is -0.122. The minimum absolute atomic E-state index is 0.0771. The molecule has 0 radical (unpaired) electrons. The number of carbonyl (C=O) groups excluding carboxylic acids is 1. The average molecular weight is 354 g/mol. The maximum Gasteiger partial charge on any atom is 0.220 e. The molecule has 0 fully saturated rings. The predicted octanol–water partition coefficient (Wildman–Crippen LogP) is 7.42. The minimum atomic E-state index is -0.0771. The Bertz CT molecular complexity index is 339. The van der Waals surface area contributed by atoms with Gasteiger partial charge in [-0.2, -0.15) is 0 Å². The van der Waals surface area contributed by atoms with Gasteiger partial charge in [0.05, 0.1) is 0 Å². The van der Waals surface area contributed by atoms with Crippen LogP contribution in [-0.4, -0.2) is 11.4 Å². The Balaban J connectivity index is -0.000000136. The zero-order chi connectivity index (χ0) is 20.7. The predicted molar refractivity (Wildman–Crippen MR) is 117 cm³/mol. The van der Waals surface area contributed by atoms with Crippen LogP contribution in [0, 0.1) is 0 Å². The summed E-state index contributed by atoms with van der Waals surface area (Å²) in [5.74, 6) is 0.148. The van der Waals surface area contributed by atoms with Crippen molar-refractivity contribution in [2.75, 3.05) is 0 Å². The van der Waals surface area contributed by atoms with E-state index in [4.69, 9.17) is 0 Å². The fourth-order valence-corrected chi connectivity index (χ4v) is 1.64. The summed E-state index contributed by atoms with van der Waals surface area (Å²) in [6, 6.07) is 10.6. The summed E-state index contributed by atoms with van der Waals surface area (Å²) in [4.78, 5) is 10.9. The van der Waals surface area contributed by atoms with Crippen molar-refractivity contribution in [2.24, 2.45) is 0 Å². The molecule has 0 aliphatic rings. The van der Waals surface area contributed by atoms with Crippen molar-refractivity contribution in [3.63, 3.8) is 0 Å². The Labute approximate surface area is 159 Å². The van der Waals surface area contributed by atoms with Gasteiger partial charge in [-0.25, -0.2) is 0 Å². The zero-order valence-corrected chi connectivity index (χ0v) is 19.1. The monoisotopic (exact) mass is 353 g/mol. The van der Waals surface area contributed by atoms with E-state index in [0.29, 0.717) is 6.42 Å². The van der Waals surface area contributed by atoms with Crippen molar-refractivity contribution in [2.45, 2.75) is 107 Å². The Morgan fingerprint density at radius 3 is 1.60 bits per heavy atom. The van der Waals surface area contributed by atoms with Crippen LogP contribution >= 0.6 is 0 Å². The van der Waals surface area contributed by atoms with Crippen LogP contribution in [0.3, 0.4) is 0 Å². The number of hydrogen-bond acceptors (Lipinski definition) is 1. The molecule has 0 saturated heterocycles. The minimum Gasteiger partial charge on any atom is -0.352 e. The standard InChI is InChI=1S/C9H12.C8H17NO.3C2H6/c1-2-6-9-7-4-3-5-8-9;1-5-6-7(10)9-8(2,3)4;3*1-2/h3-5,7-8H,2,6H2,1H3;5-6H2,1-4H3,(H,9,10);3*1-2H3. The third kappa shape index (κ3) is 31.0. The van der Waals surface area contributed by atoms with Crippen LogP contribution in [0.5, 0.6) is 0 Å². The number of benzene rings is 1. The third-order valence-electron chi connectivity index (χ3n) is 2.37. The van der Waals surface area contributed by atoms with Crippen molar-refractivity contribution in [3.05, 3.63) is 35.9 Å². The lowest BCUT2D eigenvalue weighted by Gasteiger charge is -2.20. The molecule has 0 bridgehead atoms. The van der Waals surface area contributed by atoms with Crippen LogP contribution in [0.1, 0.15) is 101 Å².